The minimum Gasteiger partial charge on any atom is -0.380 e. The Morgan fingerprint density at radius 1 is 1.25 bits per heavy atom. The molecule has 3 nitrogen and oxygen atoms in total. The normalized spacial score (nSPS) is 27.1. The highest BCUT2D eigenvalue weighted by Crippen LogP contribution is 2.34. The Morgan fingerprint density at radius 2 is 2.10 bits per heavy atom. The zero-order valence-electron chi connectivity index (χ0n) is 11.9. The van der Waals surface area contributed by atoms with Crippen molar-refractivity contribution in [1.82, 2.24) is 9.88 Å². The predicted octanol–water partition coefficient (Wildman–Crippen LogP) is 3.27. The summed E-state index contributed by atoms with van der Waals surface area (Å²) in [6.45, 7) is 3.54. The van der Waals surface area contributed by atoms with Crippen molar-refractivity contribution < 1.29 is 0 Å². The number of rotatable bonds is 3. The highest BCUT2D eigenvalue weighted by molar-refractivity contribution is 5.81. The zero-order chi connectivity index (χ0) is 13.5. The molecular weight excluding hydrogens is 246 g/mol. The van der Waals surface area contributed by atoms with Crippen molar-refractivity contribution in [2.24, 2.45) is 0 Å². The van der Waals surface area contributed by atoms with Crippen LogP contribution < -0.4 is 5.32 Å². The van der Waals surface area contributed by atoms with Crippen molar-refractivity contribution in [1.29, 1.82) is 0 Å². The Kier molecular flexibility index (Phi) is 2.88. The number of para-hydroxylation sites is 1. The Balaban J connectivity index is 1.50. The van der Waals surface area contributed by atoms with E-state index in [1.54, 1.807) is 0 Å². The molecule has 1 N–H and O–H groups in total. The minimum atomic E-state index is 0.563. The van der Waals surface area contributed by atoms with Crippen LogP contribution in [0.25, 0.3) is 10.9 Å². The van der Waals surface area contributed by atoms with E-state index >= 15 is 0 Å². The molecule has 2 atom stereocenters. The number of nitrogens with one attached hydrogen (secondary N) is 1. The van der Waals surface area contributed by atoms with Gasteiger partial charge in [0.25, 0.3) is 0 Å². The average Bonchev–Trinajstić information content (AvgIpc) is 3.23. The van der Waals surface area contributed by atoms with Crippen LogP contribution in [0.15, 0.2) is 36.5 Å². The third-order valence-corrected chi connectivity index (χ3v) is 4.60. The molecule has 0 amide bonds. The number of benzene rings is 1. The molecule has 20 heavy (non-hydrogen) atoms. The van der Waals surface area contributed by atoms with E-state index < -0.39 is 0 Å². The Labute approximate surface area is 120 Å². The molecular formula is C17H21N3. The van der Waals surface area contributed by atoms with Gasteiger partial charge < -0.3 is 5.32 Å². The molecule has 4 rings (SSSR count). The zero-order valence-corrected chi connectivity index (χ0v) is 11.9. The van der Waals surface area contributed by atoms with Crippen LogP contribution >= 0.6 is 0 Å². The molecule has 1 aliphatic carbocycles. The number of anilines is 1. The van der Waals surface area contributed by atoms with E-state index in [1.165, 1.54) is 31.2 Å². The van der Waals surface area contributed by atoms with Crippen LogP contribution in [0.3, 0.4) is 0 Å². The smallest absolute Gasteiger partial charge is 0.0703 e. The summed E-state index contributed by atoms with van der Waals surface area (Å²) in [5.41, 5.74) is 2.22. The number of likely N-dealkylation sites (tertiary alicyclic amines) is 1. The summed E-state index contributed by atoms with van der Waals surface area (Å²) in [7, 11) is 0. The standard InChI is InChI=1S/C17H21N3/c1-12-8-15(11-20(12)16-6-7-16)19-14-9-13-4-2-3-5-17(13)18-10-14/h2-5,9-10,12,15-16,19H,6-8,11H2,1H3. The molecule has 3 heteroatoms. The van der Waals surface area contributed by atoms with Gasteiger partial charge in [-0.1, -0.05) is 18.2 Å². The molecule has 1 aromatic carbocycles. The first-order valence-electron chi connectivity index (χ1n) is 7.67. The van der Waals surface area contributed by atoms with Crippen molar-refractivity contribution in [3.63, 3.8) is 0 Å². The van der Waals surface area contributed by atoms with E-state index in [2.05, 4.69) is 46.4 Å². The lowest BCUT2D eigenvalue weighted by Crippen LogP contribution is -2.31. The van der Waals surface area contributed by atoms with E-state index in [0.29, 0.717) is 12.1 Å². The third-order valence-electron chi connectivity index (χ3n) is 4.60. The lowest BCUT2D eigenvalue weighted by Gasteiger charge is -2.20. The number of hydrogen-bond acceptors (Lipinski definition) is 3. The van der Waals surface area contributed by atoms with Crippen LogP contribution in [0, 0.1) is 0 Å². The maximum atomic E-state index is 4.53. The fourth-order valence-electron chi connectivity index (χ4n) is 3.46. The van der Waals surface area contributed by atoms with Gasteiger partial charge in [-0.2, -0.15) is 0 Å². The van der Waals surface area contributed by atoms with E-state index in [9.17, 15) is 0 Å². The SMILES string of the molecule is CC1CC(Nc2cnc3ccccc3c2)CN1C1CC1. The molecule has 2 unspecified atom stereocenters. The summed E-state index contributed by atoms with van der Waals surface area (Å²) in [6.07, 6.45) is 6.00. The van der Waals surface area contributed by atoms with Crippen molar-refractivity contribution in [3.05, 3.63) is 36.5 Å². The van der Waals surface area contributed by atoms with Crippen LogP contribution in [0.2, 0.25) is 0 Å². The molecule has 2 fully saturated rings. The van der Waals surface area contributed by atoms with Crippen LogP contribution in [0.4, 0.5) is 5.69 Å². The molecule has 0 bridgehead atoms. The third kappa shape index (κ3) is 2.27. The molecule has 1 aliphatic heterocycles. The van der Waals surface area contributed by atoms with Crippen molar-refractivity contribution in [2.45, 2.75) is 44.3 Å². The summed E-state index contributed by atoms with van der Waals surface area (Å²) in [5, 5.41) is 4.88. The van der Waals surface area contributed by atoms with Crippen LogP contribution in [0.1, 0.15) is 26.2 Å². The molecule has 2 aliphatic rings. The molecule has 2 aromatic rings. The maximum absolute atomic E-state index is 4.53. The van der Waals surface area contributed by atoms with Gasteiger partial charge in [-0.3, -0.25) is 9.88 Å². The minimum absolute atomic E-state index is 0.563. The van der Waals surface area contributed by atoms with Gasteiger partial charge in [0.15, 0.2) is 0 Å². The van der Waals surface area contributed by atoms with Gasteiger partial charge in [0.1, 0.15) is 0 Å². The van der Waals surface area contributed by atoms with E-state index in [4.69, 9.17) is 0 Å². The van der Waals surface area contributed by atoms with Gasteiger partial charge in [-0.05, 0) is 38.3 Å². The Hall–Kier alpha value is -1.61. The molecule has 104 valence electrons. The van der Waals surface area contributed by atoms with Crippen molar-refractivity contribution >= 4 is 16.6 Å². The van der Waals surface area contributed by atoms with E-state index in [-0.39, 0.29) is 0 Å². The monoisotopic (exact) mass is 267 g/mol. The van der Waals surface area contributed by atoms with Crippen molar-refractivity contribution in [3.8, 4) is 0 Å². The van der Waals surface area contributed by atoms with Gasteiger partial charge in [-0.25, -0.2) is 0 Å². The fraction of sp³-hybridized carbons (Fsp3) is 0.471. The largest absolute Gasteiger partial charge is 0.380 e. The van der Waals surface area contributed by atoms with Crippen LogP contribution in [0.5, 0.6) is 0 Å². The second-order valence-corrected chi connectivity index (χ2v) is 6.27. The summed E-state index contributed by atoms with van der Waals surface area (Å²) < 4.78 is 0. The second kappa shape index (κ2) is 4.74. The molecule has 1 saturated carbocycles. The number of nitrogens with zero attached hydrogens (tertiary/aromatic N) is 2. The first-order valence-corrected chi connectivity index (χ1v) is 7.67. The topological polar surface area (TPSA) is 28.2 Å². The molecule has 2 heterocycles. The van der Waals surface area contributed by atoms with Crippen LogP contribution in [-0.2, 0) is 0 Å². The average molecular weight is 267 g/mol. The quantitative estimate of drug-likeness (QED) is 0.925. The lowest BCUT2D eigenvalue weighted by atomic mass is 10.1. The van der Waals surface area contributed by atoms with Gasteiger partial charge in [-0.15, -0.1) is 0 Å². The highest BCUT2D eigenvalue weighted by Gasteiger charge is 2.38. The second-order valence-electron chi connectivity index (χ2n) is 6.27. The first kappa shape index (κ1) is 12.2. The molecule has 0 spiro atoms. The van der Waals surface area contributed by atoms with Gasteiger partial charge in [0.05, 0.1) is 17.4 Å². The van der Waals surface area contributed by atoms with Gasteiger partial charge >= 0.3 is 0 Å². The molecule has 0 radical (unpaired) electrons. The molecule has 1 saturated heterocycles. The first-order chi connectivity index (χ1) is 9.79. The summed E-state index contributed by atoms with van der Waals surface area (Å²) in [6, 6.07) is 12.7. The highest BCUT2D eigenvalue weighted by atomic mass is 15.3. The van der Waals surface area contributed by atoms with Crippen molar-refractivity contribution in [2.75, 3.05) is 11.9 Å². The number of fused-ring (bicyclic) bond motifs is 1. The van der Waals surface area contributed by atoms with Crippen LogP contribution in [-0.4, -0.2) is 34.6 Å². The Morgan fingerprint density at radius 3 is 2.95 bits per heavy atom. The van der Waals surface area contributed by atoms with E-state index in [1.807, 2.05) is 12.3 Å². The molecule has 1 aromatic heterocycles. The lowest BCUT2D eigenvalue weighted by molar-refractivity contribution is 0.257. The van der Waals surface area contributed by atoms with Gasteiger partial charge in [0.2, 0.25) is 0 Å². The maximum Gasteiger partial charge on any atom is 0.0703 e. The summed E-state index contributed by atoms with van der Waals surface area (Å²) >= 11 is 0. The number of pyridine rings is 1. The summed E-state index contributed by atoms with van der Waals surface area (Å²) in [4.78, 5) is 7.21. The fourth-order valence-corrected chi connectivity index (χ4v) is 3.46. The predicted molar refractivity (Wildman–Crippen MR) is 83.0 cm³/mol. The number of aromatic nitrogens is 1. The van der Waals surface area contributed by atoms with Gasteiger partial charge in [0, 0.05) is 30.1 Å². The number of hydrogen-bond donors (Lipinski definition) is 1. The summed E-state index contributed by atoms with van der Waals surface area (Å²) in [5.74, 6) is 0. The van der Waals surface area contributed by atoms with E-state index in [0.717, 1.165) is 17.2 Å². The Bertz CT molecular complexity index is 620.